The molecular weight excluding hydrogens is 332 g/mol. The van der Waals surface area contributed by atoms with Crippen LogP contribution in [0.3, 0.4) is 0 Å². The van der Waals surface area contributed by atoms with Crippen molar-refractivity contribution in [3.8, 4) is 17.2 Å². The van der Waals surface area contributed by atoms with Crippen LogP contribution in [0.15, 0.2) is 36.4 Å². The standard InChI is InChI=1S/C20H24N2O4/c1-5-12(2)22-19(21-15-9-7-6-8-14(15)20(22)24)13-10-16(25-3)18(23)17(11-13)26-4/h6-12,19,21,23H,5H2,1-4H3/t12-,19+/m1/s1. The number of methoxy groups -OCH3 is 2. The molecule has 6 heteroatoms. The number of nitrogens with zero attached hydrogens (tertiary/aromatic N) is 1. The van der Waals surface area contributed by atoms with Gasteiger partial charge in [-0.2, -0.15) is 0 Å². The molecule has 1 heterocycles. The summed E-state index contributed by atoms with van der Waals surface area (Å²) < 4.78 is 10.6. The molecule has 2 N–H and O–H groups in total. The van der Waals surface area contributed by atoms with E-state index in [2.05, 4.69) is 5.32 Å². The number of phenols is 1. The van der Waals surface area contributed by atoms with Crippen LogP contribution in [-0.2, 0) is 0 Å². The summed E-state index contributed by atoms with van der Waals surface area (Å²) in [4.78, 5) is 15.0. The van der Waals surface area contributed by atoms with Crippen LogP contribution in [0.1, 0.15) is 42.4 Å². The van der Waals surface area contributed by atoms with E-state index in [0.29, 0.717) is 17.1 Å². The minimum absolute atomic E-state index is 0.0234. The van der Waals surface area contributed by atoms with E-state index in [0.717, 1.165) is 17.7 Å². The first-order valence-corrected chi connectivity index (χ1v) is 8.64. The molecule has 0 aromatic heterocycles. The van der Waals surface area contributed by atoms with E-state index >= 15 is 0 Å². The number of hydrogen-bond donors (Lipinski definition) is 2. The first kappa shape index (κ1) is 17.9. The van der Waals surface area contributed by atoms with Crippen LogP contribution in [0.25, 0.3) is 0 Å². The molecule has 0 aliphatic carbocycles. The summed E-state index contributed by atoms with van der Waals surface area (Å²) in [6, 6.07) is 11.0. The Kier molecular flexibility index (Phi) is 4.93. The lowest BCUT2D eigenvalue weighted by atomic mass is 10.00. The molecular formula is C20H24N2O4. The molecule has 0 saturated carbocycles. The molecule has 138 valence electrons. The molecule has 0 bridgehead atoms. The minimum atomic E-state index is -0.393. The van der Waals surface area contributed by atoms with Crippen LogP contribution < -0.4 is 14.8 Å². The molecule has 2 aromatic rings. The zero-order valence-corrected chi connectivity index (χ0v) is 15.4. The summed E-state index contributed by atoms with van der Waals surface area (Å²) >= 11 is 0. The smallest absolute Gasteiger partial charge is 0.258 e. The monoisotopic (exact) mass is 356 g/mol. The molecule has 6 nitrogen and oxygen atoms in total. The number of ether oxygens (including phenoxy) is 2. The predicted octanol–water partition coefficient (Wildman–Crippen LogP) is 3.77. The number of carbonyl (C=O) groups is 1. The molecule has 1 amide bonds. The van der Waals surface area contributed by atoms with Crippen molar-refractivity contribution in [3.05, 3.63) is 47.5 Å². The fourth-order valence-corrected chi connectivity index (χ4v) is 3.24. The van der Waals surface area contributed by atoms with Crippen molar-refractivity contribution in [2.45, 2.75) is 32.5 Å². The van der Waals surface area contributed by atoms with Gasteiger partial charge in [-0.25, -0.2) is 0 Å². The van der Waals surface area contributed by atoms with Crippen molar-refractivity contribution >= 4 is 11.6 Å². The number of amides is 1. The SMILES string of the molecule is CC[C@@H](C)N1C(=O)c2ccccc2N[C@@H]1c1cc(OC)c(O)c(OC)c1. The van der Waals surface area contributed by atoms with Gasteiger partial charge in [-0.3, -0.25) is 4.79 Å². The maximum atomic E-state index is 13.2. The van der Waals surface area contributed by atoms with E-state index in [9.17, 15) is 9.90 Å². The Hall–Kier alpha value is -2.89. The number of anilines is 1. The Morgan fingerprint density at radius 2 is 1.81 bits per heavy atom. The molecule has 1 aliphatic heterocycles. The number of carbonyl (C=O) groups excluding carboxylic acids is 1. The van der Waals surface area contributed by atoms with Gasteiger partial charge in [-0.05, 0) is 37.6 Å². The average Bonchev–Trinajstić information content (AvgIpc) is 2.67. The molecule has 1 aliphatic rings. The lowest BCUT2D eigenvalue weighted by molar-refractivity contribution is 0.0593. The van der Waals surface area contributed by atoms with E-state index in [-0.39, 0.29) is 17.7 Å². The third kappa shape index (κ3) is 2.92. The van der Waals surface area contributed by atoms with E-state index in [1.807, 2.05) is 43.0 Å². The molecule has 26 heavy (non-hydrogen) atoms. The largest absolute Gasteiger partial charge is 0.502 e. The number of aromatic hydroxyl groups is 1. The van der Waals surface area contributed by atoms with E-state index in [1.54, 1.807) is 12.1 Å². The summed E-state index contributed by atoms with van der Waals surface area (Å²) in [5.74, 6) is 0.522. The fraction of sp³-hybridized carbons (Fsp3) is 0.350. The molecule has 0 radical (unpaired) electrons. The van der Waals surface area contributed by atoms with Crippen molar-refractivity contribution < 1.29 is 19.4 Å². The normalized spacial score (nSPS) is 17.3. The van der Waals surface area contributed by atoms with Crippen LogP contribution in [0, 0.1) is 0 Å². The summed E-state index contributed by atoms with van der Waals surface area (Å²) in [6.07, 6.45) is 0.425. The molecule has 0 spiro atoms. The highest BCUT2D eigenvalue weighted by Gasteiger charge is 2.36. The van der Waals surface area contributed by atoms with Crippen molar-refractivity contribution in [2.24, 2.45) is 0 Å². The second-order valence-electron chi connectivity index (χ2n) is 6.34. The topological polar surface area (TPSA) is 71.0 Å². The summed E-state index contributed by atoms with van der Waals surface area (Å²) in [6.45, 7) is 4.07. The van der Waals surface area contributed by atoms with Crippen LogP contribution in [0.5, 0.6) is 17.2 Å². The maximum Gasteiger partial charge on any atom is 0.258 e. The Labute approximate surface area is 153 Å². The third-order valence-corrected chi connectivity index (χ3v) is 4.85. The zero-order valence-electron chi connectivity index (χ0n) is 15.4. The molecule has 0 saturated heterocycles. The van der Waals surface area contributed by atoms with Gasteiger partial charge in [0.25, 0.3) is 5.91 Å². The Bertz CT molecular complexity index is 796. The highest BCUT2D eigenvalue weighted by atomic mass is 16.5. The molecule has 2 aromatic carbocycles. The third-order valence-electron chi connectivity index (χ3n) is 4.85. The Balaban J connectivity index is 2.14. The average molecular weight is 356 g/mol. The quantitative estimate of drug-likeness (QED) is 0.853. The number of rotatable bonds is 5. The van der Waals surface area contributed by atoms with E-state index < -0.39 is 6.17 Å². The first-order valence-electron chi connectivity index (χ1n) is 8.64. The van der Waals surface area contributed by atoms with E-state index in [1.165, 1.54) is 14.2 Å². The van der Waals surface area contributed by atoms with Crippen molar-refractivity contribution in [1.29, 1.82) is 0 Å². The highest BCUT2D eigenvalue weighted by Crippen LogP contribution is 2.42. The van der Waals surface area contributed by atoms with Crippen molar-refractivity contribution in [2.75, 3.05) is 19.5 Å². The second kappa shape index (κ2) is 7.15. The number of phenolic OH excluding ortho intramolecular Hbond substituents is 1. The second-order valence-corrected chi connectivity index (χ2v) is 6.34. The number of nitrogens with one attached hydrogen (secondary N) is 1. The van der Waals surface area contributed by atoms with Gasteiger partial charge in [0, 0.05) is 17.3 Å². The van der Waals surface area contributed by atoms with E-state index in [4.69, 9.17) is 9.47 Å². The number of fused-ring (bicyclic) bond motifs is 1. The zero-order chi connectivity index (χ0) is 18.8. The number of benzene rings is 2. The van der Waals surface area contributed by atoms with Crippen LogP contribution in [0.2, 0.25) is 0 Å². The molecule has 3 rings (SSSR count). The van der Waals surface area contributed by atoms with Crippen molar-refractivity contribution in [1.82, 2.24) is 4.90 Å². The number of para-hydroxylation sites is 1. The summed E-state index contributed by atoms with van der Waals surface area (Å²) in [7, 11) is 2.97. The van der Waals surface area contributed by atoms with Gasteiger partial charge in [-0.1, -0.05) is 19.1 Å². The van der Waals surface area contributed by atoms with Gasteiger partial charge in [0.1, 0.15) is 6.17 Å². The predicted molar refractivity (Wildman–Crippen MR) is 99.9 cm³/mol. The Morgan fingerprint density at radius 3 is 2.38 bits per heavy atom. The molecule has 0 fully saturated rings. The van der Waals surface area contributed by atoms with Gasteiger partial charge in [0.2, 0.25) is 5.75 Å². The summed E-state index contributed by atoms with van der Waals surface area (Å²) in [5.41, 5.74) is 2.22. The van der Waals surface area contributed by atoms with Crippen LogP contribution >= 0.6 is 0 Å². The van der Waals surface area contributed by atoms with Gasteiger partial charge < -0.3 is 24.8 Å². The van der Waals surface area contributed by atoms with Gasteiger partial charge in [0.15, 0.2) is 11.5 Å². The lowest BCUT2D eigenvalue weighted by Crippen LogP contribution is -2.47. The first-order chi connectivity index (χ1) is 12.5. The molecule has 2 atom stereocenters. The van der Waals surface area contributed by atoms with Gasteiger partial charge in [0.05, 0.1) is 19.8 Å². The molecule has 0 unspecified atom stereocenters. The lowest BCUT2D eigenvalue weighted by Gasteiger charge is -2.41. The summed E-state index contributed by atoms with van der Waals surface area (Å²) in [5, 5.41) is 13.6. The minimum Gasteiger partial charge on any atom is -0.502 e. The van der Waals surface area contributed by atoms with Crippen LogP contribution in [-0.4, -0.2) is 36.2 Å². The Morgan fingerprint density at radius 1 is 1.19 bits per heavy atom. The van der Waals surface area contributed by atoms with Crippen molar-refractivity contribution in [3.63, 3.8) is 0 Å². The van der Waals surface area contributed by atoms with Crippen LogP contribution in [0.4, 0.5) is 5.69 Å². The van der Waals surface area contributed by atoms with Gasteiger partial charge >= 0.3 is 0 Å². The maximum absolute atomic E-state index is 13.2. The highest BCUT2D eigenvalue weighted by molar-refractivity contribution is 6.01. The number of hydrogen-bond acceptors (Lipinski definition) is 5. The van der Waals surface area contributed by atoms with Gasteiger partial charge in [-0.15, -0.1) is 0 Å². The fourth-order valence-electron chi connectivity index (χ4n) is 3.24.